The summed E-state index contributed by atoms with van der Waals surface area (Å²) < 4.78 is 8.71. The highest BCUT2D eigenvalue weighted by Crippen LogP contribution is 2.32. The molecule has 33 heavy (non-hydrogen) atoms. The zero-order chi connectivity index (χ0) is 22.9. The highest BCUT2D eigenvalue weighted by molar-refractivity contribution is 7.98. The first-order valence-electron chi connectivity index (χ1n) is 10.1. The van der Waals surface area contributed by atoms with E-state index in [1.54, 1.807) is 6.26 Å². The van der Waals surface area contributed by atoms with E-state index in [9.17, 15) is 10.1 Å². The number of thiophene rings is 1. The molecule has 0 amide bonds. The SMILES string of the molecule is Cc1occc1-c1nnc(SCc2nc3scc(-c4ccccc4)c3c(=O)n2CC#N)n1C. The van der Waals surface area contributed by atoms with Crippen LogP contribution in [0.1, 0.15) is 11.6 Å². The summed E-state index contributed by atoms with van der Waals surface area (Å²) in [4.78, 5) is 18.8. The van der Waals surface area contributed by atoms with Gasteiger partial charge in [0.1, 0.15) is 23.0 Å². The standard InChI is InChI=1S/C23H18N6O2S2/c1-14-16(8-11-31-14)20-26-27-23(28(20)2)33-13-18-25-21-19(22(30)29(18)10-9-24)17(12-32-21)15-6-4-3-5-7-15/h3-8,11-12H,10,13H2,1-2H3. The molecule has 0 fully saturated rings. The van der Waals surface area contributed by atoms with Gasteiger partial charge in [0.05, 0.1) is 29.0 Å². The molecule has 5 aromatic rings. The lowest BCUT2D eigenvalue weighted by atomic mass is 10.1. The third kappa shape index (κ3) is 3.75. The van der Waals surface area contributed by atoms with Crippen LogP contribution in [0, 0.1) is 18.3 Å². The van der Waals surface area contributed by atoms with Crippen LogP contribution >= 0.6 is 23.1 Å². The summed E-state index contributed by atoms with van der Waals surface area (Å²) in [5.74, 6) is 2.38. The molecule has 0 aliphatic rings. The highest BCUT2D eigenvalue weighted by atomic mass is 32.2. The van der Waals surface area contributed by atoms with Crippen LogP contribution in [-0.4, -0.2) is 24.3 Å². The molecule has 1 aromatic carbocycles. The molecule has 0 atom stereocenters. The Morgan fingerprint density at radius 1 is 1.18 bits per heavy atom. The number of furan rings is 1. The fourth-order valence-corrected chi connectivity index (χ4v) is 5.48. The third-order valence-electron chi connectivity index (χ3n) is 5.35. The van der Waals surface area contributed by atoms with Gasteiger partial charge in [-0.05, 0) is 18.6 Å². The van der Waals surface area contributed by atoms with Gasteiger partial charge in [0, 0.05) is 18.0 Å². The molecule has 0 aliphatic heterocycles. The van der Waals surface area contributed by atoms with Crippen molar-refractivity contribution in [3.63, 3.8) is 0 Å². The molecule has 10 heteroatoms. The molecule has 0 saturated heterocycles. The molecular weight excluding hydrogens is 456 g/mol. The fraction of sp³-hybridized carbons (Fsp3) is 0.174. The summed E-state index contributed by atoms with van der Waals surface area (Å²) in [5.41, 5.74) is 2.47. The van der Waals surface area contributed by atoms with Crippen molar-refractivity contribution in [1.29, 1.82) is 5.26 Å². The minimum absolute atomic E-state index is 0.0694. The van der Waals surface area contributed by atoms with Gasteiger partial charge in [-0.15, -0.1) is 21.5 Å². The Morgan fingerprint density at radius 3 is 2.73 bits per heavy atom. The summed E-state index contributed by atoms with van der Waals surface area (Å²) in [6.07, 6.45) is 1.62. The molecule has 0 aliphatic carbocycles. The van der Waals surface area contributed by atoms with Crippen LogP contribution in [0.3, 0.4) is 0 Å². The lowest BCUT2D eigenvalue weighted by molar-refractivity contribution is 0.534. The maximum Gasteiger partial charge on any atom is 0.263 e. The first-order chi connectivity index (χ1) is 16.1. The second-order valence-corrected chi connectivity index (χ2v) is 9.12. The number of hydrogen-bond acceptors (Lipinski definition) is 8. The van der Waals surface area contributed by atoms with Gasteiger partial charge in [-0.2, -0.15) is 5.26 Å². The fourth-order valence-electron chi connectivity index (χ4n) is 3.66. The maximum atomic E-state index is 13.4. The summed E-state index contributed by atoms with van der Waals surface area (Å²) in [6.45, 7) is 1.81. The van der Waals surface area contributed by atoms with Crippen LogP contribution in [0.15, 0.2) is 62.4 Å². The quantitative estimate of drug-likeness (QED) is 0.330. The van der Waals surface area contributed by atoms with Crippen LogP contribution in [0.2, 0.25) is 0 Å². The Kier molecular flexibility index (Phi) is 5.58. The number of benzene rings is 1. The minimum atomic E-state index is -0.204. The van der Waals surface area contributed by atoms with Gasteiger partial charge in [-0.25, -0.2) is 4.98 Å². The minimum Gasteiger partial charge on any atom is -0.469 e. The average Bonchev–Trinajstić information content (AvgIpc) is 3.54. The third-order valence-corrected chi connectivity index (χ3v) is 7.24. The number of hydrogen-bond donors (Lipinski definition) is 0. The smallest absolute Gasteiger partial charge is 0.263 e. The highest BCUT2D eigenvalue weighted by Gasteiger charge is 2.19. The van der Waals surface area contributed by atoms with Gasteiger partial charge in [0.25, 0.3) is 5.56 Å². The van der Waals surface area contributed by atoms with E-state index in [1.807, 2.05) is 60.3 Å². The summed E-state index contributed by atoms with van der Waals surface area (Å²) in [7, 11) is 1.88. The number of nitriles is 1. The first-order valence-corrected chi connectivity index (χ1v) is 11.9. The van der Waals surface area contributed by atoms with Gasteiger partial charge in [0.2, 0.25) is 0 Å². The van der Waals surface area contributed by atoms with E-state index in [1.165, 1.54) is 27.7 Å². The Labute approximate surface area is 197 Å². The van der Waals surface area contributed by atoms with Crippen molar-refractivity contribution in [2.75, 3.05) is 0 Å². The molecule has 4 heterocycles. The number of fused-ring (bicyclic) bond motifs is 1. The van der Waals surface area contributed by atoms with Crippen molar-refractivity contribution >= 4 is 33.3 Å². The van der Waals surface area contributed by atoms with E-state index in [4.69, 9.17) is 9.40 Å². The number of aryl methyl sites for hydroxylation is 1. The topological polar surface area (TPSA) is 103 Å². The van der Waals surface area contributed by atoms with Crippen molar-refractivity contribution in [1.82, 2.24) is 24.3 Å². The van der Waals surface area contributed by atoms with Crippen molar-refractivity contribution in [3.8, 4) is 28.6 Å². The Bertz CT molecular complexity index is 1560. The molecule has 5 rings (SSSR count). The predicted molar refractivity (Wildman–Crippen MR) is 128 cm³/mol. The van der Waals surface area contributed by atoms with Gasteiger partial charge in [-0.3, -0.25) is 9.36 Å². The Morgan fingerprint density at radius 2 is 2.00 bits per heavy atom. The normalized spacial score (nSPS) is 11.2. The second kappa shape index (κ2) is 8.69. The number of nitrogens with zero attached hydrogens (tertiary/aromatic N) is 6. The lowest BCUT2D eigenvalue weighted by Gasteiger charge is -2.10. The van der Waals surface area contributed by atoms with Crippen molar-refractivity contribution in [2.24, 2.45) is 7.05 Å². The molecule has 4 aromatic heterocycles. The zero-order valence-corrected chi connectivity index (χ0v) is 19.5. The Balaban J connectivity index is 1.51. The summed E-state index contributed by atoms with van der Waals surface area (Å²) in [6, 6.07) is 13.7. The largest absolute Gasteiger partial charge is 0.469 e. The van der Waals surface area contributed by atoms with Gasteiger partial charge < -0.3 is 8.98 Å². The molecule has 0 N–H and O–H groups in total. The van der Waals surface area contributed by atoms with Crippen molar-refractivity contribution in [2.45, 2.75) is 24.4 Å². The number of aromatic nitrogens is 5. The van der Waals surface area contributed by atoms with Gasteiger partial charge in [0.15, 0.2) is 11.0 Å². The van der Waals surface area contributed by atoms with Crippen LogP contribution in [0.5, 0.6) is 0 Å². The van der Waals surface area contributed by atoms with E-state index < -0.39 is 0 Å². The predicted octanol–water partition coefficient (Wildman–Crippen LogP) is 4.64. The van der Waals surface area contributed by atoms with Crippen LogP contribution in [0.25, 0.3) is 32.7 Å². The summed E-state index contributed by atoms with van der Waals surface area (Å²) >= 11 is 2.85. The molecule has 0 saturated carbocycles. The number of rotatable bonds is 6. The monoisotopic (exact) mass is 474 g/mol. The van der Waals surface area contributed by atoms with Crippen LogP contribution < -0.4 is 5.56 Å². The first kappa shape index (κ1) is 21.2. The zero-order valence-electron chi connectivity index (χ0n) is 17.8. The molecule has 0 radical (unpaired) electrons. The second-order valence-electron chi connectivity index (χ2n) is 7.32. The van der Waals surface area contributed by atoms with E-state index in [0.29, 0.717) is 32.8 Å². The van der Waals surface area contributed by atoms with Crippen LogP contribution in [-0.2, 0) is 19.3 Å². The van der Waals surface area contributed by atoms with E-state index >= 15 is 0 Å². The van der Waals surface area contributed by atoms with Gasteiger partial charge >= 0.3 is 0 Å². The van der Waals surface area contributed by atoms with Gasteiger partial charge in [-0.1, -0.05) is 42.1 Å². The molecule has 8 nitrogen and oxygen atoms in total. The van der Waals surface area contributed by atoms with Crippen molar-refractivity contribution in [3.05, 3.63) is 70.0 Å². The number of thioether (sulfide) groups is 1. The molecule has 0 unspecified atom stereocenters. The summed E-state index contributed by atoms with van der Waals surface area (Å²) in [5, 5.41) is 21.1. The molecule has 0 bridgehead atoms. The maximum absolute atomic E-state index is 13.4. The van der Waals surface area contributed by atoms with E-state index in [0.717, 1.165) is 22.5 Å². The van der Waals surface area contributed by atoms with Crippen LogP contribution in [0.4, 0.5) is 0 Å². The van der Waals surface area contributed by atoms with E-state index in [2.05, 4.69) is 16.3 Å². The lowest BCUT2D eigenvalue weighted by Crippen LogP contribution is -2.24. The molecule has 164 valence electrons. The van der Waals surface area contributed by atoms with E-state index in [-0.39, 0.29) is 12.1 Å². The molecule has 0 spiro atoms. The average molecular weight is 475 g/mol. The van der Waals surface area contributed by atoms with Crippen molar-refractivity contribution < 1.29 is 4.42 Å². The Hall–Kier alpha value is -3.68. The molecular formula is C23H18N6O2S2.